The maximum absolute atomic E-state index is 10.6. The first-order chi connectivity index (χ1) is 11.6. The molecule has 4 aromatic rings. The molecule has 25 heavy (non-hydrogen) atoms. The van der Waals surface area contributed by atoms with Gasteiger partial charge in [0, 0.05) is 16.5 Å². The maximum atomic E-state index is 10.6. The summed E-state index contributed by atoms with van der Waals surface area (Å²) in [5.74, 6) is -1.98. The molecule has 0 radical (unpaired) electrons. The number of fused-ring (bicyclic) bond motifs is 2. The van der Waals surface area contributed by atoms with Crippen LogP contribution in [-0.4, -0.2) is 53.0 Å². The van der Waals surface area contributed by atoms with E-state index in [9.17, 15) is 9.59 Å². The van der Waals surface area contributed by atoms with Gasteiger partial charge in [-0.25, -0.2) is 9.59 Å². The van der Waals surface area contributed by atoms with E-state index in [4.69, 9.17) is 10.2 Å². The van der Waals surface area contributed by atoms with Crippen LogP contribution in [0.1, 0.15) is 20.7 Å². The molecular formula is C14H10N6NiO4. The molecule has 0 spiro atoms. The van der Waals surface area contributed by atoms with Crippen LogP contribution in [0, 0.1) is 0 Å². The van der Waals surface area contributed by atoms with E-state index in [2.05, 4.69) is 30.8 Å². The van der Waals surface area contributed by atoms with Gasteiger partial charge >= 0.3 is 11.9 Å². The fourth-order valence-electron chi connectivity index (χ4n) is 2.08. The standard InChI is InChI=1S/2C7H5N3O2.Ni/c2*11-7(12)4-2-1-3-5-6(4)9-10-8-5;/h2*1-3H,(H,11,12)(H,8,9,10);. The van der Waals surface area contributed by atoms with Gasteiger partial charge in [-0.2, -0.15) is 30.8 Å². The Bertz CT molecular complexity index is 960. The van der Waals surface area contributed by atoms with Gasteiger partial charge in [0.1, 0.15) is 22.1 Å². The van der Waals surface area contributed by atoms with Crippen molar-refractivity contribution in [3.63, 3.8) is 0 Å². The van der Waals surface area contributed by atoms with Crippen molar-refractivity contribution < 1.29 is 36.3 Å². The summed E-state index contributed by atoms with van der Waals surface area (Å²) in [6.45, 7) is 0. The Balaban J connectivity index is 0.000000173. The van der Waals surface area contributed by atoms with Gasteiger partial charge in [0.2, 0.25) is 0 Å². The number of benzene rings is 2. The van der Waals surface area contributed by atoms with Gasteiger partial charge in [0.05, 0.1) is 11.1 Å². The number of aromatic nitrogens is 6. The average molecular weight is 385 g/mol. The van der Waals surface area contributed by atoms with Crippen LogP contribution in [0.4, 0.5) is 0 Å². The van der Waals surface area contributed by atoms with E-state index in [0.29, 0.717) is 22.1 Å². The molecule has 2 heterocycles. The Morgan fingerprint density at radius 1 is 0.720 bits per heavy atom. The van der Waals surface area contributed by atoms with Gasteiger partial charge in [-0.05, 0) is 24.3 Å². The topological polar surface area (TPSA) is 158 Å². The summed E-state index contributed by atoms with van der Waals surface area (Å²) in [7, 11) is 0. The molecule has 0 fully saturated rings. The fraction of sp³-hybridized carbons (Fsp3) is 0. The van der Waals surface area contributed by atoms with Crippen LogP contribution < -0.4 is 0 Å². The maximum Gasteiger partial charge on any atom is 0.338 e. The monoisotopic (exact) mass is 384 g/mol. The molecule has 0 aliphatic rings. The first-order valence-corrected chi connectivity index (χ1v) is 6.63. The summed E-state index contributed by atoms with van der Waals surface area (Å²) >= 11 is 0. The molecule has 0 amide bonds. The van der Waals surface area contributed by atoms with E-state index in [1.807, 2.05) is 0 Å². The summed E-state index contributed by atoms with van der Waals surface area (Å²) in [5, 5.41) is 37.1. The molecule has 4 N–H and O–H groups in total. The number of nitrogens with zero attached hydrogens (tertiary/aromatic N) is 4. The van der Waals surface area contributed by atoms with Crippen molar-refractivity contribution in [1.29, 1.82) is 0 Å². The van der Waals surface area contributed by atoms with Crippen molar-refractivity contribution in [2.75, 3.05) is 0 Å². The zero-order valence-corrected chi connectivity index (χ0v) is 13.3. The van der Waals surface area contributed by atoms with Gasteiger partial charge in [-0.3, -0.25) is 0 Å². The molecule has 0 saturated heterocycles. The SMILES string of the molecule is O=C(O)c1cccc2n[nH]nc12.O=C(O)c1cccc2n[nH]nc12.[Ni]. The molecule has 0 atom stereocenters. The molecule has 4 rings (SSSR count). The number of aromatic amines is 2. The average Bonchev–Trinajstić information content (AvgIpc) is 3.23. The number of carbonyl (C=O) groups is 2. The van der Waals surface area contributed by atoms with Crippen molar-refractivity contribution >= 4 is 34.0 Å². The van der Waals surface area contributed by atoms with Gasteiger partial charge in [-0.1, -0.05) is 12.1 Å². The van der Waals surface area contributed by atoms with E-state index >= 15 is 0 Å². The zero-order chi connectivity index (χ0) is 17.1. The van der Waals surface area contributed by atoms with Gasteiger partial charge < -0.3 is 10.2 Å². The second-order valence-electron chi connectivity index (χ2n) is 4.60. The first-order valence-electron chi connectivity index (χ1n) is 6.63. The summed E-state index contributed by atoms with van der Waals surface area (Å²) in [4.78, 5) is 21.3. The van der Waals surface area contributed by atoms with Crippen LogP contribution >= 0.6 is 0 Å². The third kappa shape index (κ3) is 3.61. The van der Waals surface area contributed by atoms with E-state index < -0.39 is 11.9 Å². The Hall–Kier alpha value is -3.33. The summed E-state index contributed by atoms with van der Waals surface area (Å²) in [5.41, 5.74) is 2.25. The number of H-pyrrole nitrogens is 2. The van der Waals surface area contributed by atoms with Gasteiger partial charge in [0.15, 0.2) is 0 Å². The molecule has 0 aliphatic carbocycles. The van der Waals surface area contributed by atoms with Gasteiger partial charge in [0.25, 0.3) is 0 Å². The van der Waals surface area contributed by atoms with Crippen LogP contribution in [0.2, 0.25) is 0 Å². The molecule has 11 heteroatoms. The number of rotatable bonds is 2. The third-order valence-corrected chi connectivity index (χ3v) is 3.15. The molecular weight excluding hydrogens is 375 g/mol. The van der Waals surface area contributed by atoms with E-state index in [0.717, 1.165) is 0 Å². The molecule has 0 aliphatic heterocycles. The number of carboxylic acids is 2. The van der Waals surface area contributed by atoms with Gasteiger partial charge in [-0.15, -0.1) is 0 Å². The molecule has 0 saturated carbocycles. The Labute approximate surface area is 149 Å². The van der Waals surface area contributed by atoms with Crippen molar-refractivity contribution in [2.24, 2.45) is 0 Å². The van der Waals surface area contributed by atoms with Crippen molar-refractivity contribution in [3.8, 4) is 0 Å². The Morgan fingerprint density at radius 3 is 1.48 bits per heavy atom. The number of nitrogens with one attached hydrogen (secondary N) is 2. The number of carboxylic acid groups (broad SMARTS) is 2. The minimum absolute atomic E-state index is 0. The van der Waals surface area contributed by atoms with Crippen LogP contribution in [0.15, 0.2) is 36.4 Å². The number of hydrogen-bond donors (Lipinski definition) is 4. The molecule has 0 unspecified atom stereocenters. The third-order valence-electron chi connectivity index (χ3n) is 3.15. The predicted molar refractivity (Wildman–Crippen MR) is 81.7 cm³/mol. The van der Waals surface area contributed by atoms with Crippen molar-refractivity contribution in [2.45, 2.75) is 0 Å². The second kappa shape index (κ2) is 7.50. The van der Waals surface area contributed by atoms with Crippen LogP contribution in [0.25, 0.3) is 22.1 Å². The number of para-hydroxylation sites is 2. The molecule has 0 bridgehead atoms. The first kappa shape index (κ1) is 18.0. The fourth-order valence-corrected chi connectivity index (χ4v) is 2.08. The summed E-state index contributed by atoms with van der Waals surface area (Å²) in [6, 6.07) is 9.65. The van der Waals surface area contributed by atoms with Crippen LogP contribution in [0.3, 0.4) is 0 Å². The molecule has 10 nitrogen and oxygen atoms in total. The predicted octanol–water partition coefficient (Wildman–Crippen LogP) is 1.31. The normalized spacial score (nSPS) is 9.92. The smallest absolute Gasteiger partial charge is 0.338 e. The largest absolute Gasteiger partial charge is 0.478 e. The number of hydrogen-bond acceptors (Lipinski definition) is 6. The Morgan fingerprint density at radius 2 is 1.12 bits per heavy atom. The van der Waals surface area contributed by atoms with E-state index in [-0.39, 0.29) is 27.6 Å². The molecule has 130 valence electrons. The minimum Gasteiger partial charge on any atom is -0.478 e. The van der Waals surface area contributed by atoms with Crippen molar-refractivity contribution in [3.05, 3.63) is 47.5 Å². The second-order valence-corrected chi connectivity index (χ2v) is 4.60. The van der Waals surface area contributed by atoms with Crippen LogP contribution in [-0.2, 0) is 16.5 Å². The van der Waals surface area contributed by atoms with E-state index in [1.54, 1.807) is 24.3 Å². The van der Waals surface area contributed by atoms with E-state index in [1.165, 1.54) is 12.1 Å². The quantitative estimate of drug-likeness (QED) is 0.376. The Kier molecular flexibility index (Phi) is 5.40. The van der Waals surface area contributed by atoms with Crippen molar-refractivity contribution in [1.82, 2.24) is 30.8 Å². The van der Waals surface area contributed by atoms with Crippen LogP contribution in [0.5, 0.6) is 0 Å². The zero-order valence-electron chi connectivity index (χ0n) is 12.3. The molecule has 2 aromatic carbocycles. The summed E-state index contributed by atoms with van der Waals surface area (Å²) < 4.78 is 0. The minimum atomic E-state index is -0.991. The molecule has 2 aromatic heterocycles. The number of aromatic carboxylic acids is 2. The summed E-state index contributed by atoms with van der Waals surface area (Å²) in [6.07, 6.45) is 0.